The van der Waals surface area contributed by atoms with Crippen LogP contribution < -0.4 is 5.32 Å². The van der Waals surface area contributed by atoms with Gasteiger partial charge in [-0.3, -0.25) is 14.5 Å². The zero-order chi connectivity index (χ0) is 29.6. The van der Waals surface area contributed by atoms with Gasteiger partial charge in [0.05, 0.1) is 11.1 Å². The lowest BCUT2D eigenvalue weighted by atomic mass is 9.47. The summed E-state index contributed by atoms with van der Waals surface area (Å²) in [6.07, 6.45) is 18.5. The summed E-state index contributed by atoms with van der Waals surface area (Å²) >= 11 is 0. The Labute approximate surface area is 255 Å². The van der Waals surface area contributed by atoms with Crippen LogP contribution in [0, 0.1) is 46.3 Å². The van der Waals surface area contributed by atoms with E-state index in [0.717, 1.165) is 48.5 Å². The largest absolute Gasteiger partial charge is 0.314 e. The van der Waals surface area contributed by atoms with E-state index >= 15 is 0 Å². The van der Waals surface area contributed by atoms with Gasteiger partial charge in [0.2, 0.25) is 0 Å². The van der Waals surface area contributed by atoms with Crippen LogP contribution in [0.5, 0.6) is 0 Å². The summed E-state index contributed by atoms with van der Waals surface area (Å²) in [6.45, 7) is 14.0. The Morgan fingerprint density at radius 3 is 2.36 bits per heavy atom. The number of hydrogen-bond acceptors (Lipinski definition) is 3. The van der Waals surface area contributed by atoms with Crippen LogP contribution in [0.15, 0.2) is 35.9 Å². The Hall–Kier alpha value is -1.94. The molecule has 42 heavy (non-hydrogen) atoms. The number of benzene rings is 1. The molecular weight excluding hydrogens is 516 g/mol. The fourth-order valence-corrected chi connectivity index (χ4v) is 10.8. The summed E-state index contributed by atoms with van der Waals surface area (Å²) in [5.74, 6) is 5.02. The van der Waals surface area contributed by atoms with E-state index in [-0.39, 0.29) is 11.8 Å². The predicted octanol–water partition coefficient (Wildman–Crippen LogP) is 8.67. The molecule has 0 unspecified atom stereocenters. The lowest BCUT2D eigenvalue weighted by Gasteiger charge is -2.58. The van der Waals surface area contributed by atoms with Gasteiger partial charge in [0.25, 0.3) is 11.8 Å². The van der Waals surface area contributed by atoms with Gasteiger partial charge in [0, 0.05) is 12.6 Å². The minimum absolute atomic E-state index is 0.135. The number of rotatable bonds is 10. The monoisotopic (exact) mass is 572 g/mol. The topological polar surface area (TPSA) is 49.4 Å². The number of amides is 2. The van der Waals surface area contributed by atoms with Crippen LogP contribution in [0.1, 0.15) is 132 Å². The van der Waals surface area contributed by atoms with E-state index in [4.69, 9.17) is 0 Å². The highest BCUT2D eigenvalue weighted by Crippen LogP contribution is 2.67. The first-order valence-electron chi connectivity index (χ1n) is 17.5. The normalized spacial score (nSPS) is 36.4. The molecule has 6 rings (SSSR count). The minimum Gasteiger partial charge on any atom is -0.314 e. The average molecular weight is 573 g/mol. The third-order valence-electron chi connectivity index (χ3n) is 13.2. The molecule has 4 heteroatoms. The maximum Gasteiger partial charge on any atom is 0.261 e. The molecule has 0 spiro atoms. The van der Waals surface area contributed by atoms with Crippen molar-refractivity contribution in [1.82, 2.24) is 10.2 Å². The molecule has 5 aliphatic rings. The Kier molecular flexibility index (Phi) is 8.50. The molecule has 1 heterocycles. The van der Waals surface area contributed by atoms with E-state index < -0.39 is 0 Å². The van der Waals surface area contributed by atoms with E-state index in [1.165, 1.54) is 75.5 Å². The first kappa shape index (κ1) is 30.1. The third-order valence-corrected chi connectivity index (χ3v) is 13.2. The molecule has 8 atom stereocenters. The second-order valence-corrected chi connectivity index (χ2v) is 15.8. The smallest absolute Gasteiger partial charge is 0.261 e. The van der Waals surface area contributed by atoms with E-state index in [9.17, 15) is 9.59 Å². The van der Waals surface area contributed by atoms with Crippen molar-refractivity contribution in [2.75, 3.05) is 13.1 Å². The molecule has 1 aromatic rings. The van der Waals surface area contributed by atoms with Crippen LogP contribution in [-0.4, -0.2) is 35.8 Å². The van der Waals surface area contributed by atoms with Crippen LogP contribution in [0.4, 0.5) is 0 Å². The maximum absolute atomic E-state index is 12.7. The summed E-state index contributed by atoms with van der Waals surface area (Å²) < 4.78 is 0. The molecule has 0 bridgehead atoms. The molecule has 0 radical (unpaired) electrons. The molecule has 3 fully saturated rings. The number of imide groups is 1. The SMILES string of the molecule is CC(C)CCC[C@@H](C)[C@H]1CC[C@H]2[C@@H]3CC=C4C[C@@H](NCCCN5C(=O)c6ccccc6C5=O)CC[C@]4(C)[C@H]3CC[C@]12C. The molecular formula is C38H56N2O2. The highest BCUT2D eigenvalue weighted by atomic mass is 16.2. The summed E-state index contributed by atoms with van der Waals surface area (Å²) in [5.41, 5.74) is 3.77. The van der Waals surface area contributed by atoms with Crippen molar-refractivity contribution in [3.8, 4) is 0 Å². The minimum atomic E-state index is -0.135. The highest BCUT2D eigenvalue weighted by Gasteiger charge is 2.59. The molecule has 0 saturated heterocycles. The van der Waals surface area contributed by atoms with Crippen molar-refractivity contribution in [2.24, 2.45) is 46.3 Å². The van der Waals surface area contributed by atoms with Crippen LogP contribution >= 0.6 is 0 Å². The van der Waals surface area contributed by atoms with Gasteiger partial charge < -0.3 is 5.32 Å². The van der Waals surface area contributed by atoms with Crippen LogP contribution in [-0.2, 0) is 0 Å². The van der Waals surface area contributed by atoms with Crippen molar-refractivity contribution in [1.29, 1.82) is 0 Å². The van der Waals surface area contributed by atoms with Crippen molar-refractivity contribution in [3.63, 3.8) is 0 Å². The Bertz CT molecular complexity index is 1170. The number of nitrogens with zero attached hydrogens (tertiary/aromatic N) is 1. The van der Waals surface area contributed by atoms with Gasteiger partial charge in [-0.2, -0.15) is 0 Å². The standard InChI is InChI=1S/C38H56N2O2/c1-25(2)10-8-11-26(3)32-16-17-33-31-15-14-27-24-28(18-20-37(27,4)34(31)19-21-38(32,33)5)39-22-9-23-40-35(41)29-12-6-7-13-30(29)36(40)42/h6-7,12-14,25-26,28,31-34,39H,8-11,15-24H2,1-5H3/t26-,28+,31+,32-,33+,34+,37+,38-/m1/s1. The molecule has 4 nitrogen and oxygen atoms in total. The van der Waals surface area contributed by atoms with Gasteiger partial charge >= 0.3 is 0 Å². The number of nitrogens with one attached hydrogen (secondary N) is 1. The van der Waals surface area contributed by atoms with Crippen LogP contribution in [0.3, 0.4) is 0 Å². The number of carbonyl (C=O) groups excluding carboxylic acids is 2. The molecule has 2 amide bonds. The molecule has 1 aliphatic heterocycles. The lowest BCUT2D eigenvalue weighted by molar-refractivity contribution is -0.0515. The summed E-state index contributed by atoms with van der Waals surface area (Å²) in [5, 5.41) is 3.81. The van der Waals surface area contributed by atoms with Gasteiger partial charge in [-0.25, -0.2) is 0 Å². The predicted molar refractivity (Wildman–Crippen MR) is 171 cm³/mol. The first-order valence-corrected chi connectivity index (χ1v) is 17.5. The Morgan fingerprint density at radius 2 is 1.64 bits per heavy atom. The molecule has 3 saturated carbocycles. The average Bonchev–Trinajstić information content (AvgIpc) is 3.44. The summed E-state index contributed by atoms with van der Waals surface area (Å²) in [4.78, 5) is 26.8. The molecule has 230 valence electrons. The second-order valence-electron chi connectivity index (χ2n) is 15.8. The van der Waals surface area contributed by atoms with E-state index in [1.54, 1.807) is 17.7 Å². The van der Waals surface area contributed by atoms with Crippen molar-refractivity contribution < 1.29 is 9.59 Å². The van der Waals surface area contributed by atoms with Gasteiger partial charge in [-0.15, -0.1) is 0 Å². The molecule has 0 aromatic heterocycles. The lowest BCUT2D eigenvalue weighted by Crippen LogP contribution is -2.51. The molecule has 1 N–H and O–H groups in total. The second kappa shape index (κ2) is 11.9. The van der Waals surface area contributed by atoms with Crippen LogP contribution in [0.25, 0.3) is 0 Å². The van der Waals surface area contributed by atoms with Gasteiger partial charge in [0.1, 0.15) is 0 Å². The zero-order valence-electron chi connectivity index (χ0n) is 27.1. The molecule has 4 aliphatic carbocycles. The highest BCUT2D eigenvalue weighted by molar-refractivity contribution is 6.21. The summed E-state index contributed by atoms with van der Waals surface area (Å²) in [7, 11) is 0. The maximum atomic E-state index is 12.7. The number of carbonyl (C=O) groups is 2. The first-order chi connectivity index (χ1) is 20.1. The van der Waals surface area contributed by atoms with E-state index in [0.29, 0.717) is 34.5 Å². The fourth-order valence-electron chi connectivity index (χ4n) is 10.8. The van der Waals surface area contributed by atoms with Crippen LogP contribution in [0.2, 0.25) is 0 Å². The summed E-state index contributed by atoms with van der Waals surface area (Å²) in [6, 6.07) is 7.71. The van der Waals surface area contributed by atoms with Gasteiger partial charge in [0.15, 0.2) is 0 Å². The molecule has 1 aromatic carbocycles. The third kappa shape index (κ3) is 5.22. The number of hydrogen-bond donors (Lipinski definition) is 1. The number of allylic oxidation sites excluding steroid dienone is 1. The Balaban J connectivity index is 1.02. The van der Waals surface area contributed by atoms with E-state index in [2.05, 4.69) is 46.0 Å². The quantitative estimate of drug-likeness (QED) is 0.173. The fraction of sp³-hybridized carbons (Fsp3) is 0.737. The zero-order valence-corrected chi connectivity index (χ0v) is 27.1. The number of fused-ring (bicyclic) bond motifs is 6. The Morgan fingerprint density at radius 1 is 0.905 bits per heavy atom. The van der Waals surface area contributed by atoms with E-state index in [1.807, 2.05) is 12.1 Å². The van der Waals surface area contributed by atoms with Crippen molar-refractivity contribution >= 4 is 11.8 Å². The van der Waals surface area contributed by atoms with Crippen molar-refractivity contribution in [3.05, 3.63) is 47.0 Å². The van der Waals surface area contributed by atoms with Gasteiger partial charge in [-0.1, -0.05) is 77.7 Å². The van der Waals surface area contributed by atoms with Gasteiger partial charge in [-0.05, 0) is 123 Å². The van der Waals surface area contributed by atoms with Crippen molar-refractivity contribution in [2.45, 2.75) is 118 Å².